The van der Waals surface area contributed by atoms with E-state index in [0.29, 0.717) is 17.7 Å². The van der Waals surface area contributed by atoms with Crippen molar-refractivity contribution in [2.24, 2.45) is 5.10 Å². The molecule has 0 aliphatic rings. The number of aryl methyl sites for hydroxylation is 1. The maximum Gasteiger partial charge on any atom is 0.336 e. The molecule has 0 radical (unpaired) electrons. The van der Waals surface area contributed by atoms with Crippen molar-refractivity contribution in [3.8, 4) is 5.75 Å². The quantitative estimate of drug-likeness (QED) is 0.459. The topological polar surface area (TPSA) is 99.0 Å². The Bertz CT molecular complexity index is 960. The molecule has 0 fully saturated rings. The summed E-state index contributed by atoms with van der Waals surface area (Å²) < 4.78 is 0. The molecule has 0 saturated carbocycles. The number of hydrogen-bond donors (Lipinski definition) is 3. The zero-order valence-electron chi connectivity index (χ0n) is 19.1. The first-order valence-corrected chi connectivity index (χ1v) is 10.3. The maximum atomic E-state index is 12.3. The number of nitrogens with zero attached hydrogens (tertiary/aromatic N) is 1. The highest BCUT2D eigenvalue weighted by atomic mass is 16.4. The van der Waals surface area contributed by atoms with Crippen molar-refractivity contribution in [2.45, 2.75) is 65.2 Å². The van der Waals surface area contributed by atoms with Crippen molar-refractivity contribution < 1.29 is 19.8 Å². The van der Waals surface area contributed by atoms with Crippen molar-refractivity contribution in [1.29, 1.82) is 0 Å². The van der Waals surface area contributed by atoms with Crippen LogP contribution < -0.4 is 5.43 Å². The summed E-state index contributed by atoms with van der Waals surface area (Å²) in [6.07, 6.45) is 2.05. The highest BCUT2D eigenvalue weighted by Crippen LogP contribution is 2.39. The second-order valence-corrected chi connectivity index (χ2v) is 9.73. The van der Waals surface area contributed by atoms with Crippen LogP contribution in [0, 0.1) is 0 Å². The van der Waals surface area contributed by atoms with Gasteiger partial charge in [-0.25, -0.2) is 10.2 Å². The maximum absolute atomic E-state index is 12.3. The van der Waals surface area contributed by atoms with Crippen LogP contribution in [0.4, 0.5) is 0 Å². The summed E-state index contributed by atoms with van der Waals surface area (Å²) in [4.78, 5) is 23.5. The fourth-order valence-electron chi connectivity index (χ4n) is 3.27. The van der Waals surface area contributed by atoms with Crippen LogP contribution in [0.5, 0.6) is 5.75 Å². The molecule has 0 unspecified atom stereocenters. The van der Waals surface area contributed by atoms with Gasteiger partial charge in [-0.3, -0.25) is 4.79 Å². The zero-order chi connectivity index (χ0) is 23.4. The van der Waals surface area contributed by atoms with Crippen LogP contribution in [-0.4, -0.2) is 28.3 Å². The van der Waals surface area contributed by atoms with E-state index in [-0.39, 0.29) is 28.7 Å². The summed E-state index contributed by atoms with van der Waals surface area (Å²) in [5, 5.41) is 23.9. The number of phenols is 1. The van der Waals surface area contributed by atoms with Crippen LogP contribution in [0.25, 0.3) is 0 Å². The van der Waals surface area contributed by atoms with Crippen molar-refractivity contribution >= 4 is 18.1 Å². The largest absolute Gasteiger partial charge is 0.507 e. The summed E-state index contributed by atoms with van der Waals surface area (Å²) in [6, 6.07) is 10.4. The van der Waals surface area contributed by atoms with Crippen LogP contribution in [-0.2, 0) is 22.0 Å². The van der Waals surface area contributed by atoms with Gasteiger partial charge < -0.3 is 10.2 Å². The summed E-state index contributed by atoms with van der Waals surface area (Å²) in [5.41, 5.74) is 5.22. The third-order valence-corrected chi connectivity index (χ3v) is 5.01. The van der Waals surface area contributed by atoms with Gasteiger partial charge in [-0.2, -0.15) is 5.10 Å². The van der Waals surface area contributed by atoms with E-state index < -0.39 is 5.97 Å². The Morgan fingerprint density at radius 1 is 1.00 bits per heavy atom. The molecule has 0 saturated heterocycles. The van der Waals surface area contributed by atoms with E-state index in [1.165, 1.54) is 12.3 Å². The number of hydrazone groups is 1. The Morgan fingerprint density at radius 3 is 2.06 bits per heavy atom. The number of carbonyl (C=O) groups is 2. The molecule has 0 aliphatic carbocycles. The van der Waals surface area contributed by atoms with E-state index in [1.54, 1.807) is 18.2 Å². The fraction of sp³-hybridized carbons (Fsp3) is 0.400. The molecule has 6 heteroatoms. The van der Waals surface area contributed by atoms with Crippen molar-refractivity contribution in [3.63, 3.8) is 0 Å². The molecule has 0 atom stereocenters. The summed E-state index contributed by atoms with van der Waals surface area (Å²) >= 11 is 0. The van der Waals surface area contributed by atoms with Gasteiger partial charge in [0.05, 0.1) is 11.8 Å². The van der Waals surface area contributed by atoms with Gasteiger partial charge in [0.15, 0.2) is 0 Å². The third-order valence-electron chi connectivity index (χ3n) is 5.01. The molecular formula is C25H32N2O4. The van der Waals surface area contributed by atoms with Gasteiger partial charge >= 0.3 is 5.97 Å². The number of rotatable bonds is 6. The van der Waals surface area contributed by atoms with Gasteiger partial charge in [-0.05, 0) is 40.0 Å². The van der Waals surface area contributed by atoms with Gasteiger partial charge in [0, 0.05) is 12.0 Å². The van der Waals surface area contributed by atoms with Crippen molar-refractivity contribution in [2.75, 3.05) is 0 Å². The number of aromatic hydroxyl groups is 1. The number of benzene rings is 2. The minimum atomic E-state index is -1.05. The average molecular weight is 425 g/mol. The van der Waals surface area contributed by atoms with E-state index >= 15 is 0 Å². The van der Waals surface area contributed by atoms with E-state index in [1.807, 2.05) is 12.1 Å². The lowest BCUT2D eigenvalue weighted by molar-refractivity contribution is -0.121. The number of carbonyl (C=O) groups excluding carboxylic acids is 1. The predicted molar refractivity (Wildman–Crippen MR) is 123 cm³/mol. The Labute approximate surface area is 184 Å². The lowest BCUT2D eigenvalue weighted by Gasteiger charge is -2.28. The zero-order valence-corrected chi connectivity index (χ0v) is 19.1. The Morgan fingerprint density at radius 2 is 1.55 bits per heavy atom. The molecule has 6 nitrogen and oxygen atoms in total. The number of nitrogens with one attached hydrogen (secondary N) is 1. The Kier molecular flexibility index (Phi) is 7.26. The molecule has 31 heavy (non-hydrogen) atoms. The molecule has 0 bridgehead atoms. The smallest absolute Gasteiger partial charge is 0.336 e. The van der Waals surface area contributed by atoms with Gasteiger partial charge in [0.25, 0.3) is 0 Å². The van der Waals surface area contributed by atoms with Crippen molar-refractivity contribution in [3.05, 3.63) is 64.2 Å². The standard InChI is InChI=1S/C25H32N2O4/c1-24(2,3)19-13-16(14-20(22(19)29)25(4,5)6)11-12-21(28)27-26-15-17-9-7-8-10-18(17)23(30)31/h7-10,13-15,29H,11-12H2,1-6H3,(H,27,28)(H,30,31)/b26-15-. The predicted octanol–water partition coefficient (Wildman–Crippen LogP) is 4.77. The number of amides is 1. The average Bonchev–Trinajstić information content (AvgIpc) is 2.65. The molecule has 2 rings (SSSR count). The minimum Gasteiger partial charge on any atom is -0.507 e. The SMILES string of the molecule is CC(C)(C)c1cc(CCC(=O)N/N=C\c2ccccc2C(=O)O)cc(C(C)(C)C)c1O. The summed E-state index contributed by atoms with van der Waals surface area (Å²) in [7, 11) is 0. The van der Waals surface area contributed by atoms with E-state index in [4.69, 9.17) is 0 Å². The number of phenolic OH excluding ortho intramolecular Hbond substituents is 1. The number of carboxylic acid groups (broad SMARTS) is 1. The molecule has 0 aliphatic heterocycles. The summed E-state index contributed by atoms with van der Waals surface area (Å²) in [5.74, 6) is -1.01. The van der Waals surface area contributed by atoms with Crippen LogP contribution in [0.15, 0.2) is 41.5 Å². The molecule has 0 aromatic heterocycles. The molecular weight excluding hydrogens is 392 g/mol. The van der Waals surface area contributed by atoms with Gasteiger partial charge in [-0.15, -0.1) is 0 Å². The van der Waals surface area contributed by atoms with Crippen LogP contribution in [0.3, 0.4) is 0 Å². The molecule has 3 N–H and O–H groups in total. The monoisotopic (exact) mass is 424 g/mol. The van der Waals surface area contributed by atoms with Crippen molar-refractivity contribution in [1.82, 2.24) is 5.43 Å². The molecule has 0 heterocycles. The van der Waals surface area contributed by atoms with Crippen LogP contribution in [0.2, 0.25) is 0 Å². The molecule has 166 valence electrons. The fourth-order valence-corrected chi connectivity index (χ4v) is 3.27. The lowest BCUT2D eigenvalue weighted by atomic mass is 9.78. The van der Waals surface area contributed by atoms with E-state index in [9.17, 15) is 19.8 Å². The van der Waals surface area contributed by atoms with Crippen LogP contribution in [0.1, 0.15) is 80.6 Å². The molecule has 2 aromatic rings. The molecule has 2 aromatic carbocycles. The number of hydrogen-bond acceptors (Lipinski definition) is 4. The normalized spacial score (nSPS) is 12.2. The second kappa shape index (κ2) is 9.33. The molecule has 0 spiro atoms. The minimum absolute atomic E-state index is 0.119. The first-order valence-electron chi connectivity index (χ1n) is 10.3. The molecule has 1 amide bonds. The first-order chi connectivity index (χ1) is 14.3. The Balaban J connectivity index is 2.12. The lowest BCUT2D eigenvalue weighted by Crippen LogP contribution is -2.20. The highest BCUT2D eigenvalue weighted by Gasteiger charge is 2.26. The number of aromatic carboxylic acids is 1. The first kappa shape index (κ1) is 24.1. The second-order valence-electron chi connectivity index (χ2n) is 9.73. The van der Waals surface area contributed by atoms with E-state index in [0.717, 1.165) is 16.7 Å². The van der Waals surface area contributed by atoms with Gasteiger partial charge in [0.2, 0.25) is 5.91 Å². The highest BCUT2D eigenvalue weighted by molar-refractivity contribution is 5.98. The number of carboxylic acids is 1. The van der Waals surface area contributed by atoms with E-state index in [2.05, 4.69) is 52.1 Å². The Hall–Kier alpha value is -3.15. The van der Waals surface area contributed by atoms with Gasteiger partial charge in [0.1, 0.15) is 5.75 Å². The summed E-state index contributed by atoms with van der Waals surface area (Å²) in [6.45, 7) is 12.3. The van der Waals surface area contributed by atoms with Gasteiger partial charge in [-0.1, -0.05) is 71.9 Å². The third kappa shape index (κ3) is 6.41. The van der Waals surface area contributed by atoms with Crippen LogP contribution >= 0.6 is 0 Å².